The Bertz CT molecular complexity index is 608. The zero-order valence-corrected chi connectivity index (χ0v) is 10.3. The van der Waals surface area contributed by atoms with Crippen LogP contribution < -0.4 is 5.56 Å². The van der Waals surface area contributed by atoms with Crippen LogP contribution in [0.3, 0.4) is 0 Å². The van der Waals surface area contributed by atoms with Gasteiger partial charge in [-0.15, -0.1) is 0 Å². The molecular weight excluding hydrogens is 210 g/mol. The first-order chi connectivity index (χ1) is 8.24. The summed E-state index contributed by atoms with van der Waals surface area (Å²) in [4.78, 5) is 14.9. The van der Waals surface area contributed by atoms with Crippen molar-refractivity contribution in [3.63, 3.8) is 0 Å². The maximum atomic E-state index is 11.9. The number of aromatic nitrogens is 1. The Morgan fingerprint density at radius 1 is 1.29 bits per heavy atom. The minimum Gasteiger partial charge on any atom is -0.321 e. The van der Waals surface area contributed by atoms with Gasteiger partial charge in [-0.05, 0) is 25.0 Å². The average Bonchev–Trinajstić information content (AvgIpc) is 2.33. The number of hydrogen-bond donors (Lipinski definition) is 1. The van der Waals surface area contributed by atoms with E-state index in [1.54, 1.807) is 0 Å². The van der Waals surface area contributed by atoms with E-state index in [9.17, 15) is 4.79 Å². The molecule has 0 bridgehead atoms. The van der Waals surface area contributed by atoms with Gasteiger partial charge in [0.15, 0.2) is 0 Å². The van der Waals surface area contributed by atoms with Crippen LogP contribution in [0.2, 0.25) is 0 Å². The second-order valence-electron chi connectivity index (χ2n) is 4.23. The summed E-state index contributed by atoms with van der Waals surface area (Å²) in [6, 6.07) is 7.90. The van der Waals surface area contributed by atoms with Gasteiger partial charge in [-0.1, -0.05) is 43.7 Å². The van der Waals surface area contributed by atoms with Gasteiger partial charge in [-0.2, -0.15) is 0 Å². The summed E-state index contributed by atoms with van der Waals surface area (Å²) in [5.41, 5.74) is 2.73. The van der Waals surface area contributed by atoms with Crippen LogP contribution >= 0.6 is 0 Å². The summed E-state index contributed by atoms with van der Waals surface area (Å²) in [6.45, 7) is 4.13. The first-order valence-electron chi connectivity index (χ1n) is 6.02. The fraction of sp³-hybridized carbons (Fsp3) is 0.267. The van der Waals surface area contributed by atoms with Crippen LogP contribution in [0.15, 0.2) is 35.1 Å². The topological polar surface area (TPSA) is 32.9 Å². The van der Waals surface area contributed by atoms with Gasteiger partial charge in [0.05, 0.1) is 0 Å². The zero-order valence-electron chi connectivity index (χ0n) is 10.3. The summed E-state index contributed by atoms with van der Waals surface area (Å²) in [6.07, 6.45) is 6.10. The number of allylic oxidation sites excluding steroid dienone is 1. The Balaban J connectivity index is 2.60. The molecule has 0 spiro atoms. The fourth-order valence-electron chi connectivity index (χ4n) is 1.99. The lowest BCUT2D eigenvalue weighted by Gasteiger charge is -2.05. The molecule has 0 fully saturated rings. The number of aryl methyl sites for hydroxylation is 1. The molecular formula is C15H17NO. The quantitative estimate of drug-likeness (QED) is 0.853. The second kappa shape index (κ2) is 5.00. The standard InChI is InChI=1S/C15H17NO/c1-3-4-5-9-13-11(2)12-8-6-7-10-14(12)16-15(13)17/h5-10H,3-4H2,1-2H3,(H,16,17)/b9-5+. The molecule has 0 radical (unpaired) electrons. The number of unbranched alkanes of at least 4 members (excludes halogenated alkanes) is 1. The Morgan fingerprint density at radius 3 is 2.82 bits per heavy atom. The molecule has 1 N–H and O–H groups in total. The van der Waals surface area contributed by atoms with Gasteiger partial charge < -0.3 is 4.98 Å². The molecule has 2 nitrogen and oxygen atoms in total. The number of pyridine rings is 1. The summed E-state index contributed by atoms with van der Waals surface area (Å²) >= 11 is 0. The van der Waals surface area contributed by atoms with Gasteiger partial charge in [0.2, 0.25) is 0 Å². The number of hydrogen-bond acceptors (Lipinski definition) is 1. The molecule has 0 unspecified atom stereocenters. The first-order valence-corrected chi connectivity index (χ1v) is 6.02. The van der Waals surface area contributed by atoms with Crippen molar-refractivity contribution in [3.8, 4) is 0 Å². The highest BCUT2D eigenvalue weighted by atomic mass is 16.1. The smallest absolute Gasteiger partial charge is 0.255 e. The van der Waals surface area contributed by atoms with Crippen LogP contribution in [0.25, 0.3) is 17.0 Å². The molecule has 0 saturated heterocycles. The highest BCUT2D eigenvalue weighted by Crippen LogP contribution is 2.17. The van der Waals surface area contributed by atoms with Crippen LogP contribution in [0, 0.1) is 6.92 Å². The van der Waals surface area contributed by atoms with E-state index in [0.29, 0.717) is 0 Å². The Morgan fingerprint density at radius 2 is 2.06 bits per heavy atom. The summed E-state index contributed by atoms with van der Waals surface area (Å²) < 4.78 is 0. The van der Waals surface area contributed by atoms with E-state index < -0.39 is 0 Å². The maximum absolute atomic E-state index is 11.9. The lowest BCUT2D eigenvalue weighted by Crippen LogP contribution is -2.11. The number of fused-ring (bicyclic) bond motifs is 1. The van der Waals surface area contributed by atoms with Crippen molar-refractivity contribution < 1.29 is 0 Å². The van der Waals surface area contributed by atoms with Crippen LogP contribution in [0.5, 0.6) is 0 Å². The van der Waals surface area contributed by atoms with Gasteiger partial charge in [0, 0.05) is 16.5 Å². The van der Waals surface area contributed by atoms with E-state index >= 15 is 0 Å². The van der Waals surface area contributed by atoms with Crippen molar-refractivity contribution in [3.05, 3.63) is 51.8 Å². The number of para-hydroxylation sites is 1. The van der Waals surface area contributed by atoms with Crippen molar-refractivity contribution in [1.29, 1.82) is 0 Å². The van der Waals surface area contributed by atoms with E-state index in [4.69, 9.17) is 0 Å². The largest absolute Gasteiger partial charge is 0.321 e. The molecule has 1 heterocycles. The molecule has 88 valence electrons. The van der Waals surface area contributed by atoms with Crippen LogP contribution in [-0.4, -0.2) is 4.98 Å². The minimum atomic E-state index is -0.00597. The SMILES string of the molecule is CCC/C=C/c1c(C)c2ccccc2[nH]c1=O. The van der Waals surface area contributed by atoms with E-state index in [-0.39, 0.29) is 5.56 Å². The summed E-state index contributed by atoms with van der Waals surface area (Å²) in [5.74, 6) is 0. The second-order valence-corrected chi connectivity index (χ2v) is 4.23. The van der Waals surface area contributed by atoms with Crippen molar-refractivity contribution in [1.82, 2.24) is 4.98 Å². The van der Waals surface area contributed by atoms with E-state index in [0.717, 1.165) is 34.9 Å². The lowest BCUT2D eigenvalue weighted by molar-refractivity contribution is 0.962. The number of aromatic amines is 1. The third-order valence-electron chi connectivity index (χ3n) is 2.97. The Hall–Kier alpha value is -1.83. The Labute approximate surface area is 101 Å². The maximum Gasteiger partial charge on any atom is 0.255 e. The number of nitrogens with one attached hydrogen (secondary N) is 1. The lowest BCUT2D eigenvalue weighted by atomic mass is 10.0. The molecule has 1 aromatic heterocycles. The summed E-state index contributed by atoms with van der Waals surface area (Å²) in [7, 11) is 0. The first kappa shape index (κ1) is 11.6. The van der Waals surface area contributed by atoms with Crippen LogP contribution in [0.4, 0.5) is 0 Å². The zero-order chi connectivity index (χ0) is 12.3. The molecule has 0 saturated carbocycles. The molecule has 2 aromatic rings. The fourth-order valence-corrected chi connectivity index (χ4v) is 1.99. The average molecular weight is 227 g/mol. The highest BCUT2D eigenvalue weighted by molar-refractivity contribution is 5.84. The normalized spacial score (nSPS) is 11.4. The molecule has 2 rings (SSSR count). The predicted octanol–water partition coefficient (Wildman–Crippen LogP) is 3.65. The van der Waals surface area contributed by atoms with Gasteiger partial charge in [0.1, 0.15) is 0 Å². The molecule has 0 aliphatic rings. The molecule has 0 aliphatic heterocycles. The van der Waals surface area contributed by atoms with Gasteiger partial charge in [-0.3, -0.25) is 4.79 Å². The van der Waals surface area contributed by atoms with Gasteiger partial charge in [-0.25, -0.2) is 0 Å². The third-order valence-corrected chi connectivity index (χ3v) is 2.97. The van der Waals surface area contributed by atoms with Gasteiger partial charge >= 0.3 is 0 Å². The monoisotopic (exact) mass is 227 g/mol. The van der Waals surface area contributed by atoms with E-state index in [1.165, 1.54) is 0 Å². The Kier molecular flexibility index (Phi) is 3.43. The minimum absolute atomic E-state index is 0.00597. The van der Waals surface area contributed by atoms with Crippen LogP contribution in [0.1, 0.15) is 30.9 Å². The summed E-state index contributed by atoms with van der Waals surface area (Å²) in [5, 5.41) is 1.11. The molecule has 17 heavy (non-hydrogen) atoms. The van der Waals surface area contributed by atoms with Crippen LogP contribution in [-0.2, 0) is 0 Å². The molecule has 1 aromatic carbocycles. The van der Waals surface area contributed by atoms with E-state index in [2.05, 4.69) is 18.0 Å². The van der Waals surface area contributed by atoms with Crippen molar-refractivity contribution in [2.75, 3.05) is 0 Å². The number of benzene rings is 1. The molecule has 0 atom stereocenters. The number of H-pyrrole nitrogens is 1. The third kappa shape index (κ3) is 2.31. The van der Waals surface area contributed by atoms with E-state index in [1.807, 2.05) is 37.3 Å². The molecule has 2 heteroatoms. The predicted molar refractivity (Wildman–Crippen MR) is 73.2 cm³/mol. The number of rotatable bonds is 3. The van der Waals surface area contributed by atoms with Crippen molar-refractivity contribution >= 4 is 17.0 Å². The van der Waals surface area contributed by atoms with Gasteiger partial charge in [0.25, 0.3) is 5.56 Å². The highest BCUT2D eigenvalue weighted by Gasteiger charge is 2.05. The van der Waals surface area contributed by atoms with Crippen molar-refractivity contribution in [2.24, 2.45) is 0 Å². The molecule has 0 amide bonds. The van der Waals surface area contributed by atoms with Crippen molar-refractivity contribution in [2.45, 2.75) is 26.7 Å². The molecule has 0 aliphatic carbocycles.